The molecule has 3 rings (SSSR count). The minimum atomic E-state index is -0.322. The maximum atomic E-state index is 12.2. The molecule has 146 valence electrons. The molecular formula is C20H19Cl2N3O2S. The van der Waals surface area contributed by atoms with E-state index in [9.17, 15) is 4.79 Å². The second-order valence-corrected chi connectivity index (χ2v) is 8.37. The van der Waals surface area contributed by atoms with Gasteiger partial charge in [0.1, 0.15) is 5.75 Å². The molecule has 1 heterocycles. The number of hydrogen-bond acceptors (Lipinski definition) is 5. The van der Waals surface area contributed by atoms with Gasteiger partial charge < -0.3 is 10.1 Å². The van der Waals surface area contributed by atoms with Gasteiger partial charge in [-0.1, -0.05) is 47.1 Å². The number of hydrogen-bond donors (Lipinski definition) is 1. The van der Waals surface area contributed by atoms with Gasteiger partial charge in [-0.3, -0.25) is 4.79 Å². The van der Waals surface area contributed by atoms with Crippen molar-refractivity contribution in [3.63, 3.8) is 0 Å². The summed E-state index contributed by atoms with van der Waals surface area (Å²) in [6.07, 6.45) is 2.22. The van der Waals surface area contributed by atoms with E-state index in [0.29, 0.717) is 21.6 Å². The van der Waals surface area contributed by atoms with E-state index < -0.39 is 0 Å². The summed E-state index contributed by atoms with van der Waals surface area (Å²) in [7, 11) is 0. The molecule has 1 aliphatic heterocycles. The molecular weight excluding hydrogens is 417 g/mol. The summed E-state index contributed by atoms with van der Waals surface area (Å²) in [6.45, 7) is 3.96. The zero-order valence-corrected chi connectivity index (χ0v) is 17.7. The van der Waals surface area contributed by atoms with Crippen LogP contribution in [-0.2, 0) is 11.2 Å². The number of halogens is 2. The van der Waals surface area contributed by atoms with Gasteiger partial charge in [-0.25, -0.2) is 0 Å². The van der Waals surface area contributed by atoms with E-state index in [1.165, 1.54) is 11.8 Å². The van der Waals surface area contributed by atoms with E-state index in [2.05, 4.69) is 15.5 Å². The summed E-state index contributed by atoms with van der Waals surface area (Å²) >= 11 is 13.6. The molecule has 0 spiro atoms. The number of thioether (sulfide) groups is 1. The summed E-state index contributed by atoms with van der Waals surface area (Å²) in [4.78, 5) is 12.2. The highest BCUT2D eigenvalue weighted by molar-refractivity contribution is 8.15. The molecule has 1 aliphatic rings. The third kappa shape index (κ3) is 5.50. The van der Waals surface area contributed by atoms with Crippen molar-refractivity contribution in [2.75, 3.05) is 0 Å². The summed E-state index contributed by atoms with van der Waals surface area (Å²) in [5.41, 5.74) is 1.72. The monoisotopic (exact) mass is 435 g/mol. The van der Waals surface area contributed by atoms with E-state index in [0.717, 1.165) is 16.9 Å². The van der Waals surface area contributed by atoms with Gasteiger partial charge in [0.25, 0.3) is 0 Å². The Morgan fingerprint density at radius 1 is 1.21 bits per heavy atom. The van der Waals surface area contributed by atoms with Crippen molar-refractivity contribution in [3.8, 4) is 5.75 Å². The molecule has 0 aromatic heterocycles. The quantitative estimate of drug-likeness (QED) is 0.515. The van der Waals surface area contributed by atoms with Gasteiger partial charge in [-0.15, -0.1) is 5.10 Å². The van der Waals surface area contributed by atoms with Crippen LogP contribution in [0.2, 0.25) is 10.0 Å². The molecule has 5 nitrogen and oxygen atoms in total. The second-order valence-electron chi connectivity index (χ2n) is 6.40. The normalized spacial score (nSPS) is 18.2. The van der Waals surface area contributed by atoms with Crippen molar-refractivity contribution in [1.29, 1.82) is 0 Å². The largest absolute Gasteiger partial charge is 0.491 e. The summed E-state index contributed by atoms with van der Waals surface area (Å²) in [5.74, 6) is 0.685. The highest BCUT2D eigenvalue weighted by atomic mass is 35.5. The van der Waals surface area contributed by atoms with Gasteiger partial charge in [0.2, 0.25) is 5.91 Å². The Balaban J connectivity index is 1.60. The molecule has 1 atom stereocenters. The Morgan fingerprint density at radius 3 is 2.68 bits per heavy atom. The van der Waals surface area contributed by atoms with Gasteiger partial charge in [0.15, 0.2) is 5.17 Å². The molecule has 8 heteroatoms. The number of carbonyl (C=O) groups excluding carboxylic acids is 1. The minimum Gasteiger partial charge on any atom is -0.491 e. The number of nitrogens with zero attached hydrogens (tertiary/aromatic N) is 2. The van der Waals surface area contributed by atoms with Crippen LogP contribution in [0.3, 0.4) is 0 Å². The number of rotatable bonds is 6. The topological polar surface area (TPSA) is 63.1 Å². The van der Waals surface area contributed by atoms with Crippen LogP contribution in [0.5, 0.6) is 5.75 Å². The third-order valence-electron chi connectivity index (χ3n) is 3.82. The van der Waals surface area contributed by atoms with Crippen LogP contribution in [-0.4, -0.2) is 28.6 Å². The van der Waals surface area contributed by atoms with Crippen molar-refractivity contribution in [3.05, 3.63) is 63.6 Å². The Labute approximate surface area is 178 Å². The first-order valence-electron chi connectivity index (χ1n) is 8.70. The highest BCUT2D eigenvalue weighted by Gasteiger charge is 2.31. The molecule has 1 amide bonds. The lowest BCUT2D eigenvalue weighted by atomic mass is 10.1. The van der Waals surface area contributed by atoms with Crippen LogP contribution in [0.4, 0.5) is 0 Å². The molecule has 0 aliphatic carbocycles. The lowest BCUT2D eigenvalue weighted by Gasteiger charge is -2.08. The van der Waals surface area contributed by atoms with Crippen LogP contribution in [0, 0.1) is 0 Å². The number of amidine groups is 1. The number of benzene rings is 2. The van der Waals surface area contributed by atoms with Crippen molar-refractivity contribution in [2.45, 2.75) is 31.6 Å². The van der Waals surface area contributed by atoms with Crippen LogP contribution in [0.15, 0.2) is 52.7 Å². The summed E-state index contributed by atoms with van der Waals surface area (Å²) < 4.78 is 5.60. The van der Waals surface area contributed by atoms with E-state index in [-0.39, 0.29) is 17.3 Å². The van der Waals surface area contributed by atoms with Crippen molar-refractivity contribution >= 4 is 52.3 Å². The van der Waals surface area contributed by atoms with Crippen LogP contribution >= 0.6 is 35.0 Å². The summed E-state index contributed by atoms with van der Waals surface area (Å²) in [5, 5.41) is 12.0. The van der Waals surface area contributed by atoms with E-state index in [1.54, 1.807) is 12.3 Å². The molecule has 1 fully saturated rings. The SMILES string of the molecule is CC(C)Oc1ccc(/C=N/N=C2\NC(=O)C(Cc3cccc(Cl)c3Cl)S2)cc1. The van der Waals surface area contributed by atoms with Gasteiger partial charge in [0, 0.05) is 0 Å². The number of ether oxygens (including phenoxy) is 1. The molecule has 0 bridgehead atoms. The minimum absolute atomic E-state index is 0.120. The first-order valence-corrected chi connectivity index (χ1v) is 10.3. The van der Waals surface area contributed by atoms with E-state index >= 15 is 0 Å². The smallest absolute Gasteiger partial charge is 0.239 e. The van der Waals surface area contributed by atoms with Crippen LogP contribution in [0.25, 0.3) is 0 Å². The van der Waals surface area contributed by atoms with Gasteiger partial charge in [-0.2, -0.15) is 5.10 Å². The lowest BCUT2D eigenvalue weighted by molar-refractivity contribution is -0.118. The molecule has 28 heavy (non-hydrogen) atoms. The number of nitrogens with one attached hydrogen (secondary N) is 1. The van der Waals surface area contributed by atoms with E-state index in [4.69, 9.17) is 27.9 Å². The zero-order chi connectivity index (χ0) is 20.1. The maximum Gasteiger partial charge on any atom is 0.239 e. The number of amides is 1. The standard InChI is InChI=1S/C20H19Cl2N3O2S/c1-12(2)27-15-8-6-13(7-9-15)11-23-25-20-24-19(26)17(28-20)10-14-4-3-5-16(21)18(14)22/h3-9,11-12,17H,10H2,1-2H3,(H,24,25,26)/b23-11+. The van der Waals surface area contributed by atoms with E-state index in [1.807, 2.05) is 50.2 Å². The molecule has 1 N–H and O–H groups in total. The molecule has 2 aromatic carbocycles. The molecule has 2 aromatic rings. The Kier molecular flexibility index (Phi) is 6.99. The van der Waals surface area contributed by atoms with Gasteiger partial charge in [-0.05, 0) is 61.7 Å². The van der Waals surface area contributed by atoms with Crippen LogP contribution < -0.4 is 10.1 Å². The van der Waals surface area contributed by atoms with Crippen molar-refractivity contribution in [2.24, 2.45) is 10.2 Å². The van der Waals surface area contributed by atoms with Crippen molar-refractivity contribution in [1.82, 2.24) is 5.32 Å². The molecule has 0 saturated carbocycles. The first kappa shape index (κ1) is 20.7. The van der Waals surface area contributed by atoms with Gasteiger partial charge >= 0.3 is 0 Å². The molecule has 1 saturated heterocycles. The summed E-state index contributed by atoms with van der Waals surface area (Å²) in [6, 6.07) is 13.0. The Bertz CT molecular complexity index is 914. The fraction of sp³-hybridized carbons (Fsp3) is 0.250. The first-order chi connectivity index (χ1) is 13.4. The fourth-order valence-corrected chi connectivity index (χ4v) is 3.89. The van der Waals surface area contributed by atoms with Crippen molar-refractivity contribution < 1.29 is 9.53 Å². The Morgan fingerprint density at radius 2 is 1.96 bits per heavy atom. The Hall–Kier alpha value is -2.02. The average molecular weight is 436 g/mol. The lowest BCUT2D eigenvalue weighted by Crippen LogP contribution is -2.26. The number of carbonyl (C=O) groups is 1. The molecule has 1 unspecified atom stereocenters. The average Bonchev–Trinajstić information content (AvgIpc) is 2.99. The highest BCUT2D eigenvalue weighted by Crippen LogP contribution is 2.30. The van der Waals surface area contributed by atoms with Gasteiger partial charge in [0.05, 0.1) is 27.6 Å². The fourth-order valence-electron chi connectivity index (χ4n) is 2.54. The maximum absolute atomic E-state index is 12.2. The second kappa shape index (κ2) is 9.45. The zero-order valence-electron chi connectivity index (χ0n) is 15.4. The predicted molar refractivity (Wildman–Crippen MR) is 117 cm³/mol. The third-order valence-corrected chi connectivity index (χ3v) is 5.75. The van der Waals surface area contributed by atoms with Crippen LogP contribution in [0.1, 0.15) is 25.0 Å². The predicted octanol–water partition coefficient (Wildman–Crippen LogP) is 4.94. The molecule has 0 radical (unpaired) electrons.